The summed E-state index contributed by atoms with van der Waals surface area (Å²) < 4.78 is 5.47. The predicted molar refractivity (Wildman–Crippen MR) is 127 cm³/mol. The van der Waals surface area contributed by atoms with Crippen molar-refractivity contribution in [1.29, 1.82) is 0 Å². The minimum Gasteiger partial charge on any atom is -0.465 e. The van der Waals surface area contributed by atoms with Crippen molar-refractivity contribution in [2.75, 3.05) is 18.9 Å². The van der Waals surface area contributed by atoms with Gasteiger partial charge in [0, 0.05) is 29.3 Å². The van der Waals surface area contributed by atoms with Crippen LogP contribution in [-0.2, 0) is 27.3 Å². The maximum atomic E-state index is 12.3. The zero-order valence-corrected chi connectivity index (χ0v) is 20.6. The number of carbonyl (C=O) groups excluding carboxylic acids is 2. The van der Waals surface area contributed by atoms with Crippen molar-refractivity contribution in [2.45, 2.75) is 90.5 Å². The van der Waals surface area contributed by atoms with Crippen molar-refractivity contribution in [3.05, 3.63) is 23.5 Å². The van der Waals surface area contributed by atoms with E-state index >= 15 is 0 Å². The fraction of sp³-hybridized carbons (Fsp3) is 0.720. The van der Waals surface area contributed by atoms with Crippen molar-refractivity contribution in [3.63, 3.8) is 0 Å². The van der Waals surface area contributed by atoms with E-state index < -0.39 is 0 Å². The van der Waals surface area contributed by atoms with Crippen molar-refractivity contribution < 1.29 is 14.3 Å². The molecule has 2 heterocycles. The Kier molecular flexibility index (Phi) is 11.4. The first-order valence-corrected chi connectivity index (χ1v) is 13.1. The Morgan fingerprint density at radius 2 is 2.06 bits per heavy atom. The van der Waals surface area contributed by atoms with Gasteiger partial charge >= 0.3 is 5.97 Å². The Hall–Kier alpha value is -1.56. The number of unbranched alkanes of at least 4 members (excludes halogenated alkanes) is 1. The topological polar surface area (TPSA) is 59.5 Å². The quantitative estimate of drug-likeness (QED) is 0.324. The Balaban J connectivity index is 0.00000166. The number of fused-ring (bicyclic) bond motifs is 1. The van der Waals surface area contributed by atoms with Gasteiger partial charge in [0.2, 0.25) is 5.91 Å². The molecule has 1 atom stereocenters. The first kappa shape index (κ1) is 25.7. The number of pyridine rings is 1. The van der Waals surface area contributed by atoms with Gasteiger partial charge in [-0.1, -0.05) is 47.0 Å². The maximum absolute atomic E-state index is 12.3. The molecule has 1 aromatic heterocycles. The smallest absolute Gasteiger partial charge is 0.306 e. The van der Waals surface area contributed by atoms with E-state index in [0.717, 1.165) is 49.2 Å². The molecule has 31 heavy (non-hydrogen) atoms. The summed E-state index contributed by atoms with van der Waals surface area (Å²) in [5.74, 6) is 1.66. The zero-order chi connectivity index (χ0) is 22.6. The molecule has 1 fully saturated rings. The number of ether oxygens (including phenoxy) is 1. The lowest BCUT2D eigenvalue weighted by atomic mass is 10.0. The first-order valence-electron chi connectivity index (χ1n) is 12.2. The van der Waals surface area contributed by atoms with Crippen LogP contribution in [-0.4, -0.2) is 40.7 Å². The van der Waals surface area contributed by atoms with Crippen LogP contribution < -0.4 is 0 Å². The SMILES string of the molecule is CC.CCCCC(CC)COC(=O)CCSc1cnc2c(c1)CCN(C(=O)C1CC1)C2. The summed E-state index contributed by atoms with van der Waals surface area (Å²) in [4.78, 5) is 31.9. The summed E-state index contributed by atoms with van der Waals surface area (Å²) in [7, 11) is 0. The summed E-state index contributed by atoms with van der Waals surface area (Å²) >= 11 is 1.65. The second-order valence-electron chi connectivity index (χ2n) is 8.26. The fourth-order valence-electron chi connectivity index (χ4n) is 3.68. The van der Waals surface area contributed by atoms with Gasteiger partial charge in [0.1, 0.15) is 0 Å². The lowest BCUT2D eigenvalue weighted by Gasteiger charge is -2.28. The highest BCUT2D eigenvalue weighted by molar-refractivity contribution is 7.99. The van der Waals surface area contributed by atoms with Crippen LogP contribution in [0.3, 0.4) is 0 Å². The lowest BCUT2D eigenvalue weighted by molar-refractivity contribution is -0.144. The largest absolute Gasteiger partial charge is 0.465 e. The molecule has 0 saturated heterocycles. The molecule has 0 N–H and O–H groups in total. The average molecular weight is 449 g/mol. The van der Waals surface area contributed by atoms with Gasteiger partial charge in [-0.2, -0.15) is 0 Å². The van der Waals surface area contributed by atoms with E-state index in [1.54, 1.807) is 11.8 Å². The molecule has 1 amide bonds. The number of thioether (sulfide) groups is 1. The van der Waals surface area contributed by atoms with E-state index in [1.807, 2.05) is 24.9 Å². The first-order chi connectivity index (χ1) is 15.1. The monoisotopic (exact) mass is 448 g/mol. The fourth-order valence-corrected chi connectivity index (χ4v) is 4.54. The highest BCUT2D eigenvalue weighted by atomic mass is 32.2. The molecule has 0 spiro atoms. The summed E-state index contributed by atoms with van der Waals surface area (Å²) in [5, 5.41) is 0. The number of amides is 1. The predicted octanol–water partition coefficient (Wildman–Crippen LogP) is 5.64. The van der Waals surface area contributed by atoms with E-state index in [9.17, 15) is 9.59 Å². The minimum absolute atomic E-state index is 0.104. The molecule has 0 radical (unpaired) electrons. The van der Waals surface area contributed by atoms with Crippen LogP contribution >= 0.6 is 11.8 Å². The second kappa shape index (κ2) is 13.8. The van der Waals surface area contributed by atoms with Crippen LogP contribution in [0.4, 0.5) is 0 Å². The Morgan fingerprint density at radius 3 is 2.74 bits per heavy atom. The van der Waals surface area contributed by atoms with E-state index in [1.165, 1.54) is 18.4 Å². The molecule has 1 saturated carbocycles. The van der Waals surface area contributed by atoms with Gasteiger partial charge < -0.3 is 9.64 Å². The van der Waals surface area contributed by atoms with Crippen molar-refractivity contribution >= 4 is 23.6 Å². The normalized spacial score (nSPS) is 16.1. The Labute approximate surface area is 192 Å². The molecule has 2 aliphatic rings. The molecule has 5 nitrogen and oxygen atoms in total. The Bertz CT molecular complexity index is 706. The molecule has 1 unspecified atom stereocenters. The molecule has 6 heteroatoms. The molecule has 3 rings (SSSR count). The molecule has 1 aliphatic carbocycles. The van der Waals surface area contributed by atoms with E-state index in [0.29, 0.717) is 37.2 Å². The lowest BCUT2D eigenvalue weighted by Crippen LogP contribution is -2.37. The van der Waals surface area contributed by atoms with Gasteiger partial charge in [-0.3, -0.25) is 14.6 Å². The van der Waals surface area contributed by atoms with Crippen molar-refractivity contribution in [1.82, 2.24) is 9.88 Å². The molecule has 1 aromatic rings. The highest BCUT2D eigenvalue weighted by Gasteiger charge is 2.34. The van der Waals surface area contributed by atoms with Crippen LogP contribution in [0, 0.1) is 11.8 Å². The summed E-state index contributed by atoms with van der Waals surface area (Å²) in [6, 6.07) is 2.18. The third-order valence-electron chi connectivity index (χ3n) is 5.86. The molecular formula is C25H40N2O3S. The van der Waals surface area contributed by atoms with Crippen LogP contribution in [0.5, 0.6) is 0 Å². The van der Waals surface area contributed by atoms with Crippen molar-refractivity contribution in [3.8, 4) is 0 Å². The second-order valence-corrected chi connectivity index (χ2v) is 9.43. The number of nitrogens with zero attached hydrogens (tertiary/aromatic N) is 2. The number of hydrogen-bond donors (Lipinski definition) is 0. The van der Waals surface area contributed by atoms with Crippen LogP contribution in [0.15, 0.2) is 17.2 Å². The van der Waals surface area contributed by atoms with Gasteiger partial charge in [0.15, 0.2) is 0 Å². The summed E-state index contributed by atoms with van der Waals surface area (Å²) in [6.45, 7) is 10.3. The van der Waals surface area contributed by atoms with Crippen LogP contribution in [0.2, 0.25) is 0 Å². The molecule has 0 bridgehead atoms. The van der Waals surface area contributed by atoms with Crippen LogP contribution in [0.1, 0.15) is 83.9 Å². The van der Waals surface area contributed by atoms with Gasteiger partial charge in [0.05, 0.1) is 25.3 Å². The number of aromatic nitrogens is 1. The van der Waals surface area contributed by atoms with E-state index in [4.69, 9.17) is 4.74 Å². The number of carbonyl (C=O) groups is 2. The average Bonchev–Trinajstić information content (AvgIpc) is 3.65. The van der Waals surface area contributed by atoms with Gasteiger partial charge in [-0.15, -0.1) is 11.8 Å². The number of rotatable bonds is 11. The maximum Gasteiger partial charge on any atom is 0.306 e. The van der Waals surface area contributed by atoms with Crippen LogP contribution in [0.25, 0.3) is 0 Å². The zero-order valence-electron chi connectivity index (χ0n) is 19.8. The van der Waals surface area contributed by atoms with Gasteiger partial charge in [-0.25, -0.2) is 0 Å². The third kappa shape index (κ3) is 8.47. The minimum atomic E-state index is -0.104. The van der Waals surface area contributed by atoms with Gasteiger partial charge in [-0.05, 0) is 43.2 Å². The third-order valence-corrected chi connectivity index (χ3v) is 6.83. The molecule has 1 aliphatic heterocycles. The number of hydrogen-bond acceptors (Lipinski definition) is 5. The standard InChI is InChI=1S/C23H34N2O3S.C2H6/c1-3-5-6-17(4-2)16-28-22(26)10-12-29-20-13-19-9-11-25(15-21(19)24-14-20)23(27)18-7-8-18;1-2/h13-14,17-18H,3-12,15-16H2,1-2H3;1-2H3. The summed E-state index contributed by atoms with van der Waals surface area (Å²) in [6.07, 6.45) is 9.85. The Morgan fingerprint density at radius 1 is 1.29 bits per heavy atom. The van der Waals surface area contributed by atoms with E-state index in [-0.39, 0.29) is 11.9 Å². The van der Waals surface area contributed by atoms with Crippen molar-refractivity contribution in [2.24, 2.45) is 11.8 Å². The number of esters is 1. The molecular weight excluding hydrogens is 408 g/mol. The highest BCUT2D eigenvalue weighted by Crippen LogP contribution is 2.33. The summed E-state index contributed by atoms with van der Waals surface area (Å²) in [5.41, 5.74) is 2.26. The van der Waals surface area contributed by atoms with E-state index in [2.05, 4.69) is 24.9 Å². The molecule has 0 aromatic carbocycles. The molecule has 174 valence electrons. The van der Waals surface area contributed by atoms with Gasteiger partial charge in [0.25, 0.3) is 0 Å².